The van der Waals surface area contributed by atoms with Gasteiger partial charge >= 0.3 is 6.09 Å². The van der Waals surface area contributed by atoms with Crippen LogP contribution in [-0.4, -0.2) is 51.5 Å². The molecule has 0 fully saturated rings. The molecule has 0 saturated heterocycles. The summed E-state index contributed by atoms with van der Waals surface area (Å²) >= 11 is 0. The van der Waals surface area contributed by atoms with E-state index in [-0.39, 0.29) is 18.0 Å². The molecule has 3 heterocycles. The van der Waals surface area contributed by atoms with Gasteiger partial charge in [-0.05, 0) is 57.0 Å². The molecular formula is C22H25N5O4. The number of rotatable bonds is 2. The minimum Gasteiger partial charge on any atom is -0.491 e. The number of nitrogens with zero attached hydrogens (tertiary/aromatic N) is 4. The maximum absolute atomic E-state index is 12.8. The second kappa shape index (κ2) is 7.95. The Morgan fingerprint density at radius 2 is 2.10 bits per heavy atom. The Kier molecular flexibility index (Phi) is 5.31. The van der Waals surface area contributed by atoms with Crippen LogP contribution in [0.3, 0.4) is 0 Å². The second-order valence-electron chi connectivity index (χ2n) is 8.77. The Hall–Kier alpha value is -3.54. The van der Waals surface area contributed by atoms with Gasteiger partial charge in [-0.15, -0.1) is 0 Å². The Labute approximate surface area is 180 Å². The maximum Gasteiger partial charge on any atom is 0.410 e. The van der Waals surface area contributed by atoms with Crippen molar-refractivity contribution in [2.75, 3.05) is 13.2 Å². The van der Waals surface area contributed by atoms with Crippen LogP contribution in [-0.2, 0) is 24.2 Å². The summed E-state index contributed by atoms with van der Waals surface area (Å²) in [6.45, 7) is 7.15. The molecule has 1 N–H and O–H groups in total. The Bertz CT molecular complexity index is 1060. The number of aromatic nitrogens is 2. The zero-order chi connectivity index (χ0) is 22.2. The van der Waals surface area contributed by atoms with E-state index >= 15 is 0 Å². The lowest BCUT2D eigenvalue weighted by molar-refractivity contribution is 0.0194. The average Bonchev–Trinajstić information content (AvgIpc) is 3.15. The molecule has 2 aliphatic heterocycles. The maximum atomic E-state index is 12.8. The van der Waals surface area contributed by atoms with E-state index in [9.17, 15) is 9.59 Å². The normalized spacial score (nSPS) is 17.6. The lowest BCUT2D eigenvalue weighted by Crippen LogP contribution is -2.43. The Balaban J connectivity index is 1.40. The Morgan fingerprint density at radius 1 is 1.29 bits per heavy atom. The first-order chi connectivity index (χ1) is 14.7. The fourth-order valence-corrected chi connectivity index (χ4v) is 3.68. The number of carbonyl (C=O) groups excluding carboxylic acids is 2. The number of nitriles is 1. The highest BCUT2D eigenvalue weighted by Crippen LogP contribution is 2.26. The molecule has 1 aromatic carbocycles. The summed E-state index contributed by atoms with van der Waals surface area (Å²) in [5.74, 6) is 0.448. The van der Waals surface area contributed by atoms with Gasteiger partial charge in [-0.25, -0.2) is 4.79 Å². The first-order valence-electron chi connectivity index (χ1n) is 10.2. The number of hydrogen-bond donors (Lipinski definition) is 1. The van der Waals surface area contributed by atoms with E-state index in [0.717, 1.165) is 17.0 Å². The van der Waals surface area contributed by atoms with Crippen molar-refractivity contribution in [2.24, 2.45) is 0 Å². The number of nitrogens with one attached hydrogen (secondary N) is 1. The molecule has 31 heavy (non-hydrogen) atoms. The van der Waals surface area contributed by atoms with Gasteiger partial charge in [0.25, 0.3) is 5.91 Å². The predicted molar refractivity (Wildman–Crippen MR) is 110 cm³/mol. The predicted octanol–water partition coefficient (Wildman–Crippen LogP) is 2.24. The molecule has 1 atom stereocenters. The summed E-state index contributed by atoms with van der Waals surface area (Å²) in [6.07, 6.45) is 0.206. The van der Waals surface area contributed by atoms with Crippen LogP contribution >= 0.6 is 0 Å². The molecule has 0 aliphatic carbocycles. The van der Waals surface area contributed by atoms with E-state index < -0.39 is 5.60 Å². The minimum absolute atomic E-state index is 0.217. The molecule has 162 valence electrons. The summed E-state index contributed by atoms with van der Waals surface area (Å²) < 4.78 is 12.9. The van der Waals surface area contributed by atoms with E-state index in [1.807, 2.05) is 20.8 Å². The molecule has 0 bridgehead atoms. The van der Waals surface area contributed by atoms with Crippen LogP contribution in [0.25, 0.3) is 0 Å². The van der Waals surface area contributed by atoms with Crippen molar-refractivity contribution in [1.29, 1.82) is 5.26 Å². The molecule has 0 radical (unpaired) electrons. The molecule has 0 saturated carbocycles. The summed E-state index contributed by atoms with van der Waals surface area (Å²) in [6, 6.07) is 8.89. The number of amides is 2. The van der Waals surface area contributed by atoms with Crippen molar-refractivity contribution < 1.29 is 19.1 Å². The minimum atomic E-state index is -0.561. The van der Waals surface area contributed by atoms with Crippen LogP contribution in [0.4, 0.5) is 4.79 Å². The lowest BCUT2D eigenvalue weighted by atomic mass is 10.0. The fraction of sp³-hybridized carbons (Fsp3) is 0.455. The van der Waals surface area contributed by atoms with Crippen LogP contribution in [0.15, 0.2) is 24.3 Å². The van der Waals surface area contributed by atoms with Gasteiger partial charge in [0.15, 0.2) is 5.69 Å². The number of fused-ring (bicyclic) bond motifs is 2. The first kappa shape index (κ1) is 20.7. The van der Waals surface area contributed by atoms with E-state index in [4.69, 9.17) is 14.7 Å². The van der Waals surface area contributed by atoms with Crippen LogP contribution in [0.2, 0.25) is 0 Å². The molecular weight excluding hydrogens is 398 g/mol. The zero-order valence-corrected chi connectivity index (χ0v) is 17.8. The topological polar surface area (TPSA) is 109 Å². The van der Waals surface area contributed by atoms with Crippen molar-refractivity contribution in [2.45, 2.75) is 51.9 Å². The molecule has 4 rings (SSSR count). The van der Waals surface area contributed by atoms with Crippen LogP contribution in [0, 0.1) is 11.3 Å². The van der Waals surface area contributed by atoms with Crippen LogP contribution in [0.1, 0.15) is 48.1 Å². The van der Waals surface area contributed by atoms with Gasteiger partial charge in [-0.2, -0.15) is 10.4 Å². The Morgan fingerprint density at radius 3 is 2.84 bits per heavy atom. The fourth-order valence-electron chi connectivity index (χ4n) is 3.68. The molecule has 0 spiro atoms. The van der Waals surface area contributed by atoms with Gasteiger partial charge in [0, 0.05) is 6.54 Å². The van der Waals surface area contributed by atoms with Crippen molar-refractivity contribution in [3.8, 4) is 11.8 Å². The zero-order valence-electron chi connectivity index (χ0n) is 17.8. The van der Waals surface area contributed by atoms with Gasteiger partial charge in [0.1, 0.15) is 18.0 Å². The summed E-state index contributed by atoms with van der Waals surface area (Å²) in [7, 11) is 0. The van der Waals surface area contributed by atoms with Gasteiger partial charge < -0.3 is 19.7 Å². The standard InChI is InChI=1S/C22H25N5O4/c1-22(2,3)31-21(29)26-6-7-27-17(12-26)10-18(25-27)20(28)24-16-9-15-8-14(11-23)4-5-19(15)30-13-16/h4-5,8,10,16H,6-7,9,12-13H2,1-3H3,(H,24,28)/t16-/m1/s1. The smallest absolute Gasteiger partial charge is 0.410 e. The van der Waals surface area contributed by atoms with Gasteiger partial charge in [-0.1, -0.05) is 0 Å². The monoisotopic (exact) mass is 423 g/mol. The molecule has 0 unspecified atom stereocenters. The molecule has 2 aliphatic rings. The first-order valence-corrected chi connectivity index (χ1v) is 10.2. The quantitative estimate of drug-likeness (QED) is 0.793. The lowest BCUT2D eigenvalue weighted by Gasteiger charge is -2.30. The van der Waals surface area contributed by atoms with Crippen molar-refractivity contribution in [3.05, 3.63) is 46.8 Å². The number of benzene rings is 1. The highest BCUT2D eigenvalue weighted by atomic mass is 16.6. The van der Waals surface area contributed by atoms with Crippen molar-refractivity contribution >= 4 is 12.0 Å². The third kappa shape index (κ3) is 4.63. The third-order valence-electron chi connectivity index (χ3n) is 5.11. The number of ether oxygens (including phenoxy) is 2. The molecule has 9 nitrogen and oxygen atoms in total. The summed E-state index contributed by atoms with van der Waals surface area (Å²) in [5, 5.41) is 16.4. The van der Waals surface area contributed by atoms with Crippen LogP contribution < -0.4 is 10.1 Å². The summed E-state index contributed by atoms with van der Waals surface area (Å²) in [4.78, 5) is 26.7. The number of hydrogen-bond acceptors (Lipinski definition) is 6. The highest BCUT2D eigenvalue weighted by Gasteiger charge is 2.28. The molecule has 1 aromatic heterocycles. The average molecular weight is 423 g/mol. The molecule has 2 aromatic rings. The van der Waals surface area contributed by atoms with Crippen molar-refractivity contribution in [1.82, 2.24) is 20.0 Å². The molecule has 9 heteroatoms. The third-order valence-corrected chi connectivity index (χ3v) is 5.11. The van der Waals surface area contributed by atoms with Gasteiger partial charge in [0.05, 0.1) is 36.5 Å². The van der Waals surface area contributed by atoms with Gasteiger partial charge in [0.2, 0.25) is 0 Å². The van der Waals surface area contributed by atoms with Crippen LogP contribution in [0.5, 0.6) is 5.75 Å². The van der Waals surface area contributed by atoms with E-state index in [1.54, 1.807) is 33.8 Å². The van der Waals surface area contributed by atoms with Gasteiger partial charge in [-0.3, -0.25) is 9.48 Å². The number of carbonyl (C=O) groups is 2. The molecule has 2 amide bonds. The largest absolute Gasteiger partial charge is 0.491 e. The SMILES string of the molecule is CC(C)(C)OC(=O)N1CCn2nc(C(=O)N[C@H]3COc4ccc(C#N)cc4C3)cc2C1. The highest BCUT2D eigenvalue weighted by molar-refractivity contribution is 5.92. The summed E-state index contributed by atoms with van der Waals surface area (Å²) in [5.41, 5.74) is 1.98. The van der Waals surface area contributed by atoms with E-state index in [0.29, 0.717) is 43.9 Å². The second-order valence-corrected chi connectivity index (χ2v) is 8.77. The van der Waals surface area contributed by atoms with Crippen molar-refractivity contribution in [3.63, 3.8) is 0 Å². The van der Waals surface area contributed by atoms with E-state index in [2.05, 4.69) is 16.5 Å². The van der Waals surface area contributed by atoms with E-state index in [1.165, 1.54) is 0 Å².